The SMILES string of the molecule is CCC(=N)N(CC)c1ccccc1N1CCOCC1. The van der Waals surface area contributed by atoms with Gasteiger partial charge in [-0.3, -0.25) is 5.41 Å². The number of hydrogen-bond acceptors (Lipinski definition) is 3. The fourth-order valence-corrected chi connectivity index (χ4v) is 2.46. The summed E-state index contributed by atoms with van der Waals surface area (Å²) >= 11 is 0. The molecule has 2 rings (SSSR count). The van der Waals surface area contributed by atoms with E-state index in [1.807, 2.05) is 13.0 Å². The van der Waals surface area contributed by atoms with Crippen molar-refractivity contribution in [3.63, 3.8) is 0 Å². The quantitative estimate of drug-likeness (QED) is 0.669. The first-order chi connectivity index (χ1) is 9.27. The molecule has 104 valence electrons. The molecule has 1 aliphatic heterocycles. The van der Waals surface area contributed by atoms with Crippen LogP contribution in [0.3, 0.4) is 0 Å². The van der Waals surface area contributed by atoms with Gasteiger partial charge in [0.1, 0.15) is 0 Å². The van der Waals surface area contributed by atoms with Crippen molar-refractivity contribution in [1.29, 1.82) is 5.41 Å². The van der Waals surface area contributed by atoms with E-state index in [0.29, 0.717) is 5.84 Å². The molecule has 0 bridgehead atoms. The van der Waals surface area contributed by atoms with Crippen molar-refractivity contribution >= 4 is 17.2 Å². The van der Waals surface area contributed by atoms with Crippen LogP contribution in [0, 0.1) is 5.41 Å². The lowest BCUT2D eigenvalue weighted by atomic mass is 10.2. The molecule has 1 fully saturated rings. The summed E-state index contributed by atoms with van der Waals surface area (Å²) in [5.41, 5.74) is 2.35. The highest BCUT2D eigenvalue weighted by Crippen LogP contribution is 2.30. The first-order valence-corrected chi connectivity index (χ1v) is 7.04. The Morgan fingerprint density at radius 3 is 2.58 bits per heavy atom. The summed E-state index contributed by atoms with van der Waals surface area (Å²) in [4.78, 5) is 4.44. The molecule has 1 aromatic rings. The maximum absolute atomic E-state index is 8.13. The molecular formula is C15H23N3O. The minimum Gasteiger partial charge on any atom is -0.378 e. The highest BCUT2D eigenvalue weighted by molar-refractivity contribution is 5.98. The smallest absolute Gasteiger partial charge is 0.1000 e. The van der Waals surface area contributed by atoms with Gasteiger partial charge in [0.25, 0.3) is 0 Å². The number of nitrogens with one attached hydrogen (secondary N) is 1. The van der Waals surface area contributed by atoms with Gasteiger partial charge in [-0.25, -0.2) is 0 Å². The molecule has 1 heterocycles. The Bertz CT molecular complexity index is 427. The second-order valence-electron chi connectivity index (χ2n) is 4.63. The molecule has 0 radical (unpaired) electrons. The van der Waals surface area contributed by atoms with Crippen LogP contribution in [0.15, 0.2) is 24.3 Å². The minimum absolute atomic E-state index is 0.670. The molecule has 4 heteroatoms. The number of nitrogens with zero attached hydrogens (tertiary/aromatic N) is 2. The Labute approximate surface area is 115 Å². The zero-order valence-corrected chi connectivity index (χ0v) is 11.9. The monoisotopic (exact) mass is 261 g/mol. The first kappa shape index (κ1) is 13.9. The van der Waals surface area contributed by atoms with Gasteiger partial charge in [-0.05, 0) is 19.1 Å². The van der Waals surface area contributed by atoms with Crippen LogP contribution in [0.25, 0.3) is 0 Å². The lowest BCUT2D eigenvalue weighted by Crippen LogP contribution is -2.38. The highest BCUT2D eigenvalue weighted by atomic mass is 16.5. The van der Waals surface area contributed by atoms with Crippen molar-refractivity contribution in [3.05, 3.63) is 24.3 Å². The zero-order chi connectivity index (χ0) is 13.7. The van der Waals surface area contributed by atoms with Gasteiger partial charge >= 0.3 is 0 Å². The van der Waals surface area contributed by atoms with Gasteiger partial charge in [-0.2, -0.15) is 0 Å². The number of benzene rings is 1. The predicted octanol–water partition coefficient (Wildman–Crippen LogP) is 2.74. The van der Waals surface area contributed by atoms with Crippen LogP contribution < -0.4 is 9.80 Å². The Hall–Kier alpha value is -1.55. The van der Waals surface area contributed by atoms with E-state index in [9.17, 15) is 0 Å². The maximum atomic E-state index is 8.13. The highest BCUT2D eigenvalue weighted by Gasteiger charge is 2.18. The van der Waals surface area contributed by atoms with Crippen LogP contribution in [0.2, 0.25) is 0 Å². The van der Waals surface area contributed by atoms with Crippen LogP contribution >= 0.6 is 0 Å². The molecule has 0 spiro atoms. The molecule has 1 aromatic carbocycles. The number of hydrogen-bond donors (Lipinski definition) is 1. The van der Waals surface area contributed by atoms with Crippen molar-refractivity contribution in [1.82, 2.24) is 0 Å². The van der Waals surface area contributed by atoms with Gasteiger partial charge < -0.3 is 14.5 Å². The van der Waals surface area contributed by atoms with Crippen LogP contribution in [0.1, 0.15) is 20.3 Å². The molecule has 0 saturated carbocycles. The second kappa shape index (κ2) is 6.57. The van der Waals surface area contributed by atoms with E-state index < -0.39 is 0 Å². The van der Waals surface area contributed by atoms with E-state index >= 15 is 0 Å². The van der Waals surface area contributed by atoms with Crippen LogP contribution in [-0.2, 0) is 4.74 Å². The molecule has 1 N–H and O–H groups in total. The van der Waals surface area contributed by atoms with E-state index in [2.05, 4.69) is 34.9 Å². The molecule has 0 aromatic heterocycles. The van der Waals surface area contributed by atoms with E-state index in [0.717, 1.165) is 45.0 Å². The number of rotatable bonds is 4. The summed E-state index contributed by atoms with van der Waals surface area (Å²) in [5, 5.41) is 8.13. The average molecular weight is 261 g/mol. The predicted molar refractivity (Wildman–Crippen MR) is 80.5 cm³/mol. The normalized spacial score (nSPS) is 15.4. The van der Waals surface area contributed by atoms with Gasteiger partial charge in [0.2, 0.25) is 0 Å². The number of amidine groups is 1. The number of ether oxygens (including phenoxy) is 1. The van der Waals surface area contributed by atoms with Gasteiger partial charge in [-0.15, -0.1) is 0 Å². The summed E-state index contributed by atoms with van der Waals surface area (Å²) < 4.78 is 5.42. The van der Waals surface area contributed by atoms with E-state index in [-0.39, 0.29) is 0 Å². The van der Waals surface area contributed by atoms with E-state index in [4.69, 9.17) is 10.1 Å². The molecule has 4 nitrogen and oxygen atoms in total. The standard InChI is InChI=1S/C15H23N3O/c1-3-15(16)18(4-2)14-8-6-5-7-13(14)17-9-11-19-12-10-17/h5-8,16H,3-4,9-12H2,1-2H3. The molecule has 0 atom stereocenters. The molecule has 19 heavy (non-hydrogen) atoms. The van der Waals surface area contributed by atoms with Gasteiger partial charge in [-0.1, -0.05) is 19.1 Å². The third kappa shape index (κ3) is 3.07. The second-order valence-corrected chi connectivity index (χ2v) is 4.63. The van der Waals surface area contributed by atoms with Crippen LogP contribution in [0.4, 0.5) is 11.4 Å². The van der Waals surface area contributed by atoms with Gasteiger partial charge in [0.15, 0.2) is 0 Å². The molecule has 1 aliphatic rings. The number of para-hydroxylation sites is 2. The van der Waals surface area contributed by atoms with Crippen molar-refractivity contribution < 1.29 is 4.74 Å². The van der Waals surface area contributed by atoms with Crippen molar-refractivity contribution in [2.45, 2.75) is 20.3 Å². The summed E-state index contributed by atoms with van der Waals surface area (Å²) in [5.74, 6) is 0.670. The fraction of sp³-hybridized carbons (Fsp3) is 0.533. The van der Waals surface area contributed by atoms with Crippen LogP contribution in [0.5, 0.6) is 0 Å². The zero-order valence-electron chi connectivity index (χ0n) is 11.9. The molecule has 0 amide bonds. The largest absolute Gasteiger partial charge is 0.378 e. The molecule has 0 aliphatic carbocycles. The molecule has 0 unspecified atom stereocenters. The fourth-order valence-electron chi connectivity index (χ4n) is 2.46. The van der Waals surface area contributed by atoms with Crippen LogP contribution in [-0.4, -0.2) is 38.7 Å². The van der Waals surface area contributed by atoms with Gasteiger partial charge in [0.05, 0.1) is 30.4 Å². The maximum Gasteiger partial charge on any atom is 0.1000 e. The third-order valence-corrected chi connectivity index (χ3v) is 3.50. The van der Waals surface area contributed by atoms with Gasteiger partial charge in [0, 0.05) is 26.1 Å². The summed E-state index contributed by atoms with van der Waals surface area (Å²) in [6.07, 6.45) is 0.755. The van der Waals surface area contributed by atoms with E-state index in [1.165, 1.54) is 5.69 Å². The Balaban J connectivity index is 2.31. The lowest BCUT2D eigenvalue weighted by Gasteiger charge is -2.34. The average Bonchev–Trinajstić information content (AvgIpc) is 2.49. The lowest BCUT2D eigenvalue weighted by molar-refractivity contribution is 0.123. The van der Waals surface area contributed by atoms with Crippen molar-refractivity contribution in [2.24, 2.45) is 0 Å². The van der Waals surface area contributed by atoms with Crippen molar-refractivity contribution in [2.75, 3.05) is 42.6 Å². The third-order valence-electron chi connectivity index (χ3n) is 3.50. The first-order valence-electron chi connectivity index (χ1n) is 7.04. The summed E-state index contributed by atoms with van der Waals surface area (Å²) in [7, 11) is 0. The summed E-state index contributed by atoms with van der Waals surface area (Å²) in [6, 6.07) is 8.37. The Kier molecular flexibility index (Phi) is 4.80. The molecule has 1 saturated heterocycles. The van der Waals surface area contributed by atoms with E-state index in [1.54, 1.807) is 0 Å². The van der Waals surface area contributed by atoms with Crippen molar-refractivity contribution in [3.8, 4) is 0 Å². The Morgan fingerprint density at radius 2 is 1.95 bits per heavy atom. The minimum atomic E-state index is 0.670. The number of anilines is 2. The summed E-state index contributed by atoms with van der Waals surface area (Å²) in [6.45, 7) is 8.37. The Morgan fingerprint density at radius 1 is 1.26 bits per heavy atom. The molecular weight excluding hydrogens is 238 g/mol. The number of morpholine rings is 1. The topological polar surface area (TPSA) is 39.6 Å².